The molecule has 0 atom stereocenters. The van der Waals surface area contributed by atoms with Crippen LogP contribution in [0.15, 0.2) is 12.1 Å². The summed E-state index contributed by atoms with van der Waals surface area (Å²) in [5.41, 5.74) is 0.683. The Bertz CT molecular complexity index is 821. The number of amides is 2. The number of anilines is 1. The van der Waals surface area contributed by atoms with E-state index < -0.39 is 11.1 Å². The van der Waals surface area contributed by atoms with Crippen molar-refractivity contribution in [2.24, 2.45) is 5.92 Å². The van der Waals surface area contributed by atoms with Gasteiger partial charge in [0.1, 0.15) is 17.5 Å². The van der Waals surface area contributed by atoms with Gasteiger partial charge in [0.05, 0.1) is 22.2 Å². The topological polar surface area (TPSA) is 76.7 Å². The molecule has 1 aromatic carbocycles. The van der Waals surface area contributed by atoms with E-state index in [4.69, 9.17) is 21.1 Å². The number of hydrogen-bond donors (Lipinski definition) is 2. The third kappa shape index (κ3) is 4.04. The Balaban J connectivity index is 1.54. The molecular formula is C22H29ClN2O4. The molecule has 1 spiro atoms. The number of fused-ring (bicyclic) bond motifs is 2. The zero-order chi connectivity index (χ0) is 20.8. The Morgan fingerprint density at radius 3 is 2.52 bits per heavy atom. The quantitative estimate of drug-likeness (QED) is 0.664. The van der Waals surface area contributed by atoms with Gasteiger partial charge in [-0.25, -0.2) is 4.79 Å². The summed E-state index contributed by atoms with van der Waals surface area (Å²) in [6, 6.07) is 3.44. The Hall–Kier alpha value is -1.95. The number of urea groups is 1. The van der Waals surface area contributed by atoms with Crippen molar-refractivity contribution in [2.75, 3.05) is 5.32 Å². The molecule has 2 aliphatic carbocycles. The van der Waals surface area contributed by atoms with Crippen LogP contribution in [0.4, 0.5) is 10.5 Å². The molecule has 1 heterocycles. The molecule has 0 unspecified atom stereocenters. The summed E-state index contributed by atoms with van der Waals surface area (Å²) in [7, 11) is 0. The summed E-state index contributed by atoms with van der Waals surface area (Å²) in [5, 5.41) is 6.54. The maximum absolute atomic E-state index is 12.3. The minimum Gasteiger partial charge on any atom is -0.490 e. The minimum atomic E-state index is -0.477. The fourth-order valence-corrected chi connectivity index (χ4v) is 4.83. The molecule has 0 radical (unpaired) electrons. The van der Waals surface area contributed by atoms with Gasteiger partial charge in [-0.05, 0) is 58.6 Å². The fraction of sp³-hybridized carbons (Fsp3) is 0.636. The van der Waals surface area contributed by atoms with E-state index in [0.717, 1.165) is 43.4 Å². The van der Waals surface area contributed by atoms with E-state index in [-0.39, 0.29) is 24.0 Å². The predicted octanol–water partition coefficient (Wildman–Crippen LogP) is 5.13. The molecular weight excluding hydrogens is 392 g/mol. The van der Waals surface area contributed by atoms with Crippen LogP contribution in [-0.4, -0.2) is 23.7 Å². The number of esters is 1. The second-order valence-corrected chi connectivity index (χ2v) is 9.87. The smallest absolute Gasteiger partial charge is 0.319 e. The molecule has 2 fully saturated rings. The van der Waals surface area contributed by atoms with E-state index in [2.05, 4.69) is 10.6 Å². The Labute approximate surface area is 176 Å². The van der Waals surface area contributed by atoms with E-state index >= 15 is 0 Å². The van der Waals surface area contributed by atoms with Crippen LogP contribution in [0.25, 0.3) is 0 Å². The molecule has 0 saturated heterocycles. The van der Waals surface area contributed by atoms with Gasteiger partial charge < -0.3 is 20.1 Å². The normalized spacial score (nSPS) is 25.3. The lowest BCUT2D eigenvalue weighted by molar-refractivity contribution is -0.166. The minimum absolute atomic E-state index is 0.0453. The molecule has 1 aromatic rings. The Morgan fingerprint density at radius 2 is 1.86 bits per heavy atom. The van der Waals surface area contributed by atoms with Crippen LogP contribution in [0.1, 0.15) is 71.3 Å². The monoisotopic (exact) mass is 420 g/mol. The van der Waals surface area contributed by atoms with Gasteiger partial charge in [0, 0.05) is 5.56 Å². The summed E-state index contributed by atoms with van der Waals surface area (Å²) < 4.78 is 11.8. The number of nitrogens with one attached hydrogen (secondary N) is 2. The second-order valence-electron chi connectivity index (χ2n) is 9.46. The maximum atomic E-state index is 12.3. The van der Waals surface area contributed by atoms with Crippen molar-refractivity contribution in [3.8, 4) is 5.75 Å². The van der Waals surface area contributed by atoms with E-state index in [1.54, 1.807) is 6.07 Å². The molecule has 0 bridgehead atoms. The molecule has 0 aromatic heterocycles. The molecule has 29 heavy (non-hydrogen) atoms. The van der Waals surface area contributed by atoms with Crippen LogP contribution < -0.4 is 15.4 Å². The highest BCUT2D eigenvalue weighted by atomic mass is 35.5. The Morgan fingerprint density at radius 1 is 1.17 bits per heavy atom. The average Bonchev–Trinajstić information content (AvgIpc) is 2.58. The summed E-state index contributed by atoms with van der Waals surface area (Å²) >= 11 is 6.43. The molecule has 6 nitrogen and oxygen atoms in total. The Kier molecular flexibility index (Phi) is 5.18. The van der Waals surface area contributed by atoms with E-state index in [1.165, 1.54) is 0 Å². The number of hydrogen-bond acceptors (Lipinski definition) is 4. The molecule has 158 valence electrons. The number of rotatable bonds is 3. The molecule has 2 amide bonds. The molecule has 1 aliphatic heterocycles. The van der Waals surface area contributed by atoms with E-state index in [1.807, 2.05) is 26.8 Å². The van der Waals surface area contributed by atoms with E-state index in [9.17, 15) is 9.59 Å². The molecule has 2 N–H and O–H groups in total. The standard InChI is InChI=1S/C22H29ClN2O4/c1-21(2,3)29-19(26)13-11-14(12-13)28-16-8-7-15(23)18-17(16)22(25-20(27)24-18)9-5-4-6-10-22/h7-8,13-14H,4-6,9-12H2,1-3H3,(H2,24,25,27). The third-order valence-electron chi connectivity index (χ3n) is 6.02. The van der Waals surface area contributed by atoms with Crippen LogP contribution in [0.5, 0.6) is 5.75 Å². The predicted molar refractivity (Wildman–Crippen MR) is 111 cm³/mol. The summed E-state index contributed by atoms with van der Waals surface area (Å²) in [6.45, 7) is 5.63. The van der Waals surface area contributed by atoms with Crippen LogP contribution >= 0.6 is 11.6 Å². The van der Waals surface area contributed by atoms with Crippen molar-refractivity contribution in [3.63, 3.8) is 0 Å². The van der Waals surface area contributed by atoms with Crippen LogP contribution in [0, 0.1) is 5.92 Å². The molecule has 4 rings (SSSR count). The second kappa shape index (κ2) is 7.38. The van der Waals surface area contributed by atoms with Gasteiger partial charge in [-0.1, -0.05) is 30.9 Å². The van der Waals surface area contributed by atoms with Crippen LogP contribution in [-0.2, 0) is 15.1 Å². The van der Waals surface area contributed by atoms with Crippen molar-refractivity contribution in [1.82, 2.24) is 5.32 Å². The third-order valence-corrected chi connectivity index (χ3v) is 6.34. The maximum Gasteiger partial charge on any atom is 0.319 e. The lowest BCUT2D eigenvalue weighted by Gasteiger charge is -2.44. The van der Waals surface area contributed by atoms with Crippen molar-refractivity contribution < 1.29 is 19.1 Å². The number of benzene rings is 1. The largest absolute Gasteiger partial charge is 0.490 e. The van der Waals surface area contributed by atoms with Crippen LogP contribution in [0.2, 0.25) is 5.02 Å². The lowest BCUT2D eigenvalue weighted by atomic mass is 9.74. The first-order valence-electron chi connectivity index (χ1n) is 10.5. The van der Waals surface area contributed by atoms with Gasteiger partial charge in [-0.3, -0.25) is 4.79 Å². The van der Waals surface area contributed by atoms with Gasteiger partial charge in [0.25, 0.3) is 0 Å². The average molecular weight is 421 g/mol. The van der Waals surface area contributed by atoms with Gasteiger partial charge in [0.15, 0.2) is 0 Å². The number of ether oxygens (including phenoxy) is 2. The van der Waals surface area contributed by atoms with Crippen LogP contribution in [0.3, 0.4) is 0 Å². The lowest BCUT2D eigenvalue weighted by Crippen LogP contribution is -2.53. The summed E-state index contributed by atoms with van der Waals surface area (Å²) in [4.78, 5) is 24.6. The van der Waals surface area contributed by atoms with Crippen molar-refractivity contribution in [1.29, 1.82) is 0 Å². The highest BCUT2D eigenvalue weighted by Crippen LogP contribution is 2.50. The molecule has 2 saturated carbocycles. The molecule has 3 aliphatic rings. The summed E-state index contributed by atoms with van der Waals surface area (Å²) in [5.74, 6) is 0.462. The zero-order valence-corrected chi connectivity index (χ0v) is 18.0. The first-order chi connectivity index (χ1) is 13.7. The first-order valence-corrected chi connectivity index (χ1v) is 10.9. The zero-order valence-electron chi connectivity index (χ0n) is 17.3. The van der Waals surface area contributed by atoms with Crippen molar-refractivity contribution in [2.45, 2.75) is 83.0 Å². The first kappa shape index (κ1) is 20.3. The van der Waals surface area contributed by atoms with Gasteiger partial charge in [-0.2, -0.15) is 0 Å². The highest BCUT2D eigenvalue weighted by Gasteiger charge is 2.45. The highest BCUT2D eigenvalue weighted by molar-refractivity contribution is 6.34. The van der Waals surface area contributed by atoms with Crippen molar-refractivity contribution >= 4 is 29.3 Å². The van der Waals surface area contributed by atoms with Gasteiger partial charge in [-0.15, -0.1) is 0 Å². The number of carbonyl (C=O) groups excluding carboxylic acids is 2. The summed E-state index contributed by atoms with van der Waals surface area (Å²) in [6.07, 6.45) is 6.24. The van der Waals surface area contributed by atoms with Gasteiger partial charge >= 0.3 is 12.0 Å². The molecule has 7 heteroatoms. The fourth-order valence-electron chi connectivity index (χ4n) is 4.63. The number of halogens is 1. The number of carbonyl (C=O) groups is 2. The SMILES string of the molecule is CC(C)(C)OC(=O)C1CC(Oc2ccc(Cl)c3c2C2(CCCCC2)NC(=O)N3)C1. The van der Waals surface area contributed by atoms with Gasteiger partial charge in [0.2, 0.25) is 0 Å². The van der Waals surface area contributed by atoms with E-state index in [0.29, 0.717) is 23.6 Å². The van der Waals surface area contributed by atoms with Crippen molar-refractivity contribution in [3.05, 3.63) is 22.7 Å².